The van der Waals surface area contributed by atoms with E-state index in [0.29, 0.717) is 0 Å². The van der Waals surface area contributed by atoms with Gasteiger partial charge in [-0.05, 0) is 40.6 Å². The second kappa shape index (κ2) is 5.88. The molecule has 0 aliphatic heterocycles. The molecule has 3 aromatic carbocycles. The first-order chi connectivity index (χ1) is 9.83. The van der Waals surface area contributed by atoms with Crippen molar-refractivity contribution in [2.24, 2.45) is 5.10 Å². The number of nitrogens with zero attached hydrogens (tertiary/aromatic N) is 1. The topological polar surface area (TPSA) is 24.4 Å². The van der Waals surface area contributed by atoms with Gasteiger partial charge in [-0.1, -0.05) is 58.4 Å². The highest BCUT2D eigenvalue weighted by atomic mass is 79.9. The summed E-state index contributed by atoms with van der Waals surface area (Å²) in [6, 6.07) is 22.4. The van der Waals surface area contributed by atoms with Gasteiger partial charge in [0.2, 0.25) is 0 Å². The second-order valence-corrected chi connectivity index (χ2v) is 5.31. The summed E-state index contributed by atoms with van der Waals surface area (Å²) in [6.07, 6.45) is 1.83. The van der Waals surface area contributed by atoms with Crippen molar-refractivity contribution in [3.8, 4) is 0 Å². The lowest BCUT2D eigenvalue weighted by molar-refractivity contribution is 1.35. The van der Waals surface area contributed by atoms with Gasteiger partial charge in [0.1, 0.15) is 0 Å². The Bertz CT molecular complexity index is 751. The van der Waals surface area contributed by atoms with Crippen LogP contribution in [0.1, 0.15) is 5.56 Å². The van der Waals surface area contributed by atoms with Crippen LogP contribution < -0.4 is 5.43 Å². The van der Waals surface area contributed by atoms with Gasteiger partial charge in [0, 0.05) is 4.47 Å². The van der Waals surface area contributed by atoms with E-state index in [9.17, 15) is 0 Å². The molecule has 0 heterocycles. The standard InChI is InChI=1S/C17H13BrN2/c18-17-8-4-5-14-11-13(9-10-16(14)17)12-19-20-15-6-2-1-3-7-15/h1-12,20H/b19-12-. The highest BCUT2D eigenvalue weighted by molar-refractivity contribution is 9.10. The number of fused-ring (bicyclic) bond motifs is 1. The van der Waals surface area contributed by atoms with Crippen molar-refractivity contribution in [1.82, 2.24) is 0 Å². The van der Waals surface area contributed by atoms with Gasteiger partial charge >= 0.3 is 0 Å². The molecule has 0 bridgehead atoms. The molecule has 0 spiro atoms. The minimum atomic E-state index is 0.979. The molecule has 3 heteroatoms. The summed E-state index contributed by atoms with van der Waals surface area (Å²) >= 11 is 3.56. The number of rotatable bonds is 3. The third-order valence-corrected chi connectivity index (χ3v) is 3.72. The number of hydrazone groups is 1. The molecule has 0 saturated heterocycles. The van der Waals surface area contributed by atoms with Crippen LogP contribution in [0, 0.1) is 0 Å². The van der Waals surface area contributed by atoms with E-state index >= 15 is 0 Å². The van der Waals surface area contributed by atoms with Crippen molar-refractivity contribution in [1.29, 1.82) is 0 Å². The van der Waals surface area contributed by atoms with Gasteiger partial charge in [0.15, 0.2) is 0 Å². The Morgan fingerprint density at radius 3 is 2.60 bits per heavy atom. The molecular formula is C17H13BrN2. The molecule has 0 atom stereocenters. The largest absolute Gasteiger partial charge is 0.279 e. The minimum Gasteiger partial charge on any atom is -0.279 e. The van der Waals surface area contributed by atoms with Crippen molar-refractivity contribution >= 4 is 38.6 Å². The number of nitrogens with one attached hydrogen (secondary N) is 1. The monoisotopic (exact) mass is 324 g/mol. The van der Waals surface area contributed by atoms with Crippen LogP contribution in [0.25, 0.3) is 10.8 Å². The number of para-hydroxylation sites is 1. The number of anilines is 1. The number of benzene rings is 3. The highest BCUT2D eigenvalue weighted by Crippen LogP contribution is 2.24. The maximum atomic E-state index is 4.25. The summed E-state index contributed by atoms with van der Waals surface area (Å²) in [4.78, 5) is 0. The number of halogens is 1. The molecule has 1 N–H and O–H groups in total. The molecule has 0 saturated carbocycles. The van der Waals surface area contributed by atoms with E-state index < -0.39 is 0 Å². The van der Waals surface area contributed by atoms with Gasteiger partial charge < -0.3 is 0 Å². The van der Waals surface area contributed by atoms with Gasteiger partial charge in [-0.3, -0.25) is 5.43 Å². The fourth-order valence-corrected chi connectivity index (χ4v) is 2.55. The molecule has 3 aromatic rings. The molecule has 0 amide bonds. The smallest absolute Gasteiger partial charge is 0.0561 e. The van der Waals surface area contributed by atoms with Crippen LogP contribution in [0.4, 0.5) is 5.69 Å². The van der Waals surface area contributed by atoms with Crippen molar-refractivity contribution in [3.63, 3.8) is 0 Å². The Kier molecular flexibility index (Phi) is 3.79. The SMILES string of the molecule is Brc1cccc2cc(/C=N\Nc3ccccc3)ccc12. The van der Waals surface area contributed by atoms with Crippen LogP contribution in [-0.2, 0) is 0 Å². The van der Waals surface area contributed by atoms with Crippen LogP contribution >= 0.6 is 15.9 Å². The summed E-state index contributed by atoms with van der Waals surface area (Å²) in [5.74, 6) is 0. The van der Waals surface area contributed by atoms with Gasteiger partial charge in [0.05, 0.1) is 11.9 Å². The van der Waals surface area contributed by atoms with Crippen LogP contribution in [-0.4, -0.2) is 6.21 Å². The highest BCUT2D eigenvalue weighted by Gasteiger charge is 1.98. The summed E-state index contributed by atoms with van der Waals surface area (Å²) in [5.41, 5.74) is 5.06. The molecular weight excluding hydrogens is 312 g/mol. The zero-order valence-electron chi connectivity index (χ0n) is 10.8. The lowest BCUT2D eigenvalue weighted by atomic mass is 10.1. The van der Waals surface area contributed by atoms with E-state index in [1.54, 1.807) is 0 Å². The maximum Gasteiger partial charge on any atom is 0.0561 e. The predicted octanol–water partition coefficient (Wildman–Crippen LogP) is 5.05. The van der Waals surface area contributed by atoms with Crippen LogP contribution in [0.2, 0.25) is 0 Å². The quantitative estimate of drug-likeness (QED) is 0.529. The molecule has 0 radical (unpaired) electrons. The Hall–Kier alpha value is -2.13. The Morgan fingerprint density at radius 1 is 0.900 bits per heavy atom. The zero-order valence-corrected chi connectivity index (χ0v) is 12.3. The molecule has 0 unspecified atom stereocenters. The summed E-state index contributed by atoms with van der Waals surface area (Å²) < 4.78 is 1.11. The van der Waals surface area contributed by atoms with E-state index in [4.69, 9.17) is 0 Å². The van der Waals surface area contributed by atoms with E-state index in [1.165, 1.54) is 10.8 Å². The van der Waals surface area contributed by atoms with Crippen molar-refractivity contribution in [3.05, 3.63) is 76.8 Å². The van der Waals surface area contributed by atoms with Crippen molar-refractivity contribution in [2.45, 2.75) is 0 Å². The summed E-state index contributed by atoms with van der Waals surface area (Å²) in [6.45, 7) is 0. The average molecular weight is 325 g/mol. The fraction of sp³-hybridized carbons (Fsp3) is 0. The second-order valence-electron chi connectivity index (χ2n) is 4.46. The Labute approximate surface area is 126 Å². The third-order valence-electron chi connectivity index (χ3n) is 3.03. The van der Waals surface area contributed by atoms with E-state index in [2.05, 4.69) is 50.7 Å². The van der Waals surface area contributed by atoms with Crippen LogP contribution in [0.3, 0.4) is 0 Å². The third kappa shape index (κ3) is 2.89. The Balaban J connectivity index is 1.81. The molecule has 20 heavy (non-hydrogen) atoms. The Morgan fingerprint density at radius 2 is 1.75 bits per heavy atom. The van der Waals surface area contributed by atoms with Gasteiger partial charge in [-0.15, -0.1) is 0 Å². The fourth-order valence-electron chi connectivity index (χ4n) is 2.04. The van der Waals surface area contributed by atoms with Gasteiger partial charge in [0.25, 0.3) is 0 Å². The van der Waals surface area contributed by atoms with Crippen molar-refractivity contribution in [2.75, 3.05) is 5.43 Å². The minimum absolute atomic E-state index is 0.979. The van der Waals surface area contributed by atoms with Gasteiger partial charge in [-0.25, -0.2) is 0 Å². The van der Waals surface area contributed by atoms with Crippen LogP contribution in [0.5, 0.6) is 0 Å². The molecule has 0 aromatic heterocycles. The first kappa shape index (κ1) is 12.9. The molecule has 98 valence electrons. The summed E-state index contributed by atoms with van der Waals surface area (Å²) in [7, 11) is 0. The molecule has 2 nitrogen and oxygen atoms in total. The average Bonchev–Trinajstić information content (AvgIpc) is 2.48. The van der Waals surface area contributed by atoms with E-state index in [0.717, 1.165) is 15.7 Å². The molecule has 3 rings (SSSR count). The maximum absolute atomic E-state index is 4.25. The first-order valence-corrected chi connectivity index (χ1v) is 7.15. The summed E-state index contributed by atoms with van der Waals surface area (Å²) in [5, 5.41) is 6.66. The van der Waals surface area contributed by atoms with Gasteiger partial charge in [-0.2, -0.15) is 5.10 Å². The van der Waals surface area contributed by atoms with Crippen molar-refractivity contribution < 1.29 is 0 Å². The normalized spacial score (nSPS) is 11.1. The van der Waals surface area contributed by atoms with E-state index in [1.807, 2.05) is 48.7 Å². The van der Waals surface area contributed by atoms with Crippen LogP contribution in [0.15, 0.2) is 76.3 Å². The lowest BCUT2D eigenvalue weighted by Gasteiger charge is -2.02. The zero-order chi connectivity index (χ0) is 13.8. The first-order valence-electron chi connectivity index (χ1n) is 6.35. The number of hydrogen-bond acceptors (Lipinski definition) is 2. The lowest BCUT2D eigenvalue weighted by Crippen LogP contribution is -1.90. The predicted molar refractivity (Wildman–Crippen MR) is 89.3 cm³/mol. The molecule has 0 aliphatic rings. The molecule has 0 aliphatic carbocycles. The number of hydrogen-bond donors (Lipinski definition) is 1. The molecule has 0 fully saturated rings. The van der Waals surface area contributed by atoms with E-state index in [-0.39, 0.29) is 0 Å².